The van der Waals surface area contributed by atoms with Crippen LogP contribution >= 0.6 is 0 Å². The van der Waals surface area contributed by atoms with Crippen molar-refractivity contribution in [1.82, 2.24) is 0 Å². The van der Waals surface area contributed by atoms with E-state index in [9.17, 15) is 8.42 Å². The molecule has 0 fully saturated rings. The molecule has 4 heteroatoms. The first kappa shape index (κ1) is 20.6. The van der Waals surface area contributed by atoms with Crippen LogP contribution in [0, 0.1) is 0 Å². The minimum absolute atomic E-state index is 0.337. The van der Waals surface area contributed by atoms with Gasteiger partial charge in [0.05, 0.1) is 12.9 Å². The van der Waals surface area contributed by atoms with Gasteiger partial charge in [0, 0.05) is 0 Å². The highest BCUT2D eigenvalue weighted by atomic mass is 32.2. The fraction of sp³-hybridized carbons (Fsp3) is 0.882. The van der Waals surface area contributed by atoms with Crippen molar-refractivity contribution in [2.75, 3.05) is 12.9 Å². The molecule has 3 nitrogen and oxygen atoms in total. The smallest absolute Gasteiger partial charge is 0.264 e. The summed E-state index contributed by atoms with van der Waals surface area (Å²) < 4.78 is 26.2. The SMILES string of the molecule is CCCC/C=C\CCCCCCCCCCOS(C)(=O)=O. The quantitative estimate of drug-likeness (QED) is 0.236. The van der Waals surface area contributed by atoms with E-state index in [0.29, 0.717) is 6.61 Å². The van der Waals surface area contributed by atoms with Gasteiger partial charge in [0.25, 0.3) is 10.1 Å². The Morgan fingerprint density at radius 3 is 1.76 bits per heavy atom. The molecule has 21 heavy (non-hydrogen) atoms. The Hall–Kier alpha value is -0.350. The highest BCUT2D eigenvalue weighted by molar-refractivity contribution is 7.85. The molecular formula is C17H34O3S. The molecule has 0 aliphatic carbocycles. The molecule has 0 unspecified atom stereocenters. The zero-order valence-electron chi connectivity index (χ0n) is 14.0. The van der Waals surface area contributed by atoms with Gasteiger partial charge in [-0.2, -0.15) is 8.42 Å². The predicted octanol–water partition coefficient (Wildman–Crippen LogP) is 5.22. The molecule has 0 heterocycles. The molecule has 0 aromatic carbocycles. The summed E-state index contributed by atoms with van der Waals surface area (Å²) >= 11 is 0. The van der Waals surface area contributed by atoms with E-state index in [1.165, 1.54) is 64.2 Å². The molecule has 0 N–H and O–H groups in total. The Labute approximate surface area is 132 Å². The molecule has 0 aromatic heterocycles. The van der Waals surface area contributed by atoms with Crippen LogP contribution in [0.15, 0.2) is 12.2 Å². The van der Waals surface area contributed by atoms with Crippen LogP contribution in [-0.2, 0) is 14.3 Å². The van der Waals surface area contributed by atoms with Gasteiger partial charge in [-0.25, -0.2) is 0 Å². The molecule has 0 saturated heterocycles. The number of allylic oxidation sites excluding steroid dienone is 2. The van der Waals surface area contributed by atoms with E-state index in [4.69, 9.17) is 4.18 Å². The monoisotopic (exact) mass is 318 g/mol. The average Bonchev–Trinajstić information content (AvgIpc) is 2.42. The topological polar surface area (TPSA) is 43.4 Å². The summed E-state index contributed by atoms with van der Waals surface area (Å²) in [6.07, 6.45) is 20.4. The molecule has 0 rings (SSSR count). The molecule has 0 aliphatic heterocycles. The third kappa shape index (κ3) is 19.6. The van der Waals surface area contributed by atoms with Crippen molar-refractivity contribution in [3.63, 3.8) is 0 Å². The van der Waals surface area contributed by atoms with Crippen molar-refractivity contribution < 1.29 is 12.6 Å². The normalized spacial score (nSPS) is 12.3. The second-order valence-electron chi connectivity index (χ2n) is 5.76. The van der Waals surface area contributed by atoms with E-state index in [0.717, 1.165) is 19.1 Å². The van der Waals surface area contributed by atoms with Crippen molar-refractivity contribution in [3.8, 4) is 0 Å². The number of hydrogen-bond acceptors (Lipinski definition) is 3. The van der Waals surface area contributed by atoms with Gasteiger partial charge >= 0.3 is 0 Å². The summed E-state index contributed by atoms with van der Waals surface area (Å²) in [5.41, 5.74) is 0. The number of rotatable bonds is 15. The first-order valence-corrected chi connectivity index (χ1v) is 10.4. The Kier molecular flexibility index (Phi) is 14.3. The van der Waals surface area contributed by atoms with Crippen LogP contribution in [0.4, 0.5) is 0 Å². The molecule has 0 aromatic rings. The average molecular weight is 319 g/mol. The Balaban J connectivity index is 3.11. The lowest BCUT2D eigenvalue weighted by Gasteiger charge is -2.02. The maximum absolute atomic E-state index is 10.7. The van der Waals surface area contributed by atoms with Gasteiger partial charge in [0.1, 0.15) is 0 Å². The summed E-state index contributed by atoms with van der Waals surface area (Å²) in [5.74, 6) is 0. The standard InChI is InChI=1S/C17H34O3S/c1-3-4-5-6-7-8-9-10-11-12-13-14-15-16-17-20-21(2,18)19/h6-7H,3-5,8-17H2,1-2H3/b7-6-. The number of hydrogen-bond donors (Lipinski definition) is 0. The van der Waals surface area contributed by atoms with E-state index in [1.54, 1.807) is 0 Å². The van der Waals surface area contributed by atoms with Crippen molar-refractivity contribution in [3.05, 3.63) is 12.2 Å². The molecule has 0 atom stereocenters. The van der Waals surface area contributed by atoms with Crippen LogP contribution in [-0.4, -0.2) is 21.3 Å². The second kappa shape index (κ2) is 14.6. The Morgan fingerprint density at radius 1 is 0.762 bits per heavy atom. The summed E-state index contributed by atoms with van der Waals surface area (Å²) in [6.45, 7) is 2.57. The van der Waals surface area contributed by atoms with Crippen LogP contribution in [0.2, 0.25) is 0 Å². The molecule has 0 aliphatic rings. The van der Waals surface area contributed by atoms with Crippen molar-refractivity contribution in [2.24, 2.45) is 0 Å². The lowest BCUT2D eigenvalue weighted by molar-refractivity contribution is 0.309. The largest absolute Gasteiger partial charge is 0.270 e. The van der Waals surface area contributed by atoms with Gasteiger partial charge in [-0.1, -0.05) is 70.4 Å². The molecule has 0 amide bonds. The van der Waals surface area contributed by atoms with Crippen LogP contribution < -0.4 is 0 Å². The fourth-order valence-corrected chi connectivity index (χ4v) is 2.61. The minimum Gasteiger partial charge on any atom is -0.270 e. The summed E-state index contributed by atoms with van der Waals surface area (Å²) in [4.78, 5) is 0. The van der Waals surface area contributed by atoms with Crippen LogP contribution in [0.5, 0.6) is 0 Å². The van der Waals surface area contributed by atoms with E-state index >= 15 is 0 Å². The van der Waals surface area contributed by atoms with Gasteiger partial charge in [0.15, 0.2) is 0 Å². The van der Waals surface area contributed by atoms with Crippen LogP contribution in [0.1, 0.15) is 84.0 Å². The van der Waals surface area contributed by atoms with Gasteiger partial charge < -0.3 is 0 Å². The van der Waals surface area contributed by atoms with Crippen molar-refractivity contribution in [2.45, 2.75) is 84.0 Å². The summed E-state index contributed by atoms with van der Waals surface area (Å²) in [6, 6.07) is 0. The van der Waals surface area contributed by atoms with Crippen LogP contribution in [0.3, 0.4) is 0 Å². The fourth-order valence-electron chi connectivity index (χ4n) is 2.19. The highest BCUT2D eigenvalue weighted by Crippen LogP contribution is 2.10. The predicted molar refractivity (Wildman–Crippen MR) is 91.0 cm³/mol. The van der Waals surface area contributed by atoms with E-state index < -0.39 is 10.1 Å². The number of unbranched alkanes of at least 4 members (excludes halogenated alkanes) is 10. The molecule has 0 radical (unpaired) electrons. The molecule has 0 spiro atoms. The van der Waals surface area contributed by atoms with Gasteiger partial charge in [-0.05, 0) is 25.7 Å². The van der Waals surface area contributed by atoms with Crippen LogP contribution in [0.25, 0.3) is 0 Å². The maximum Gasteiger partial charge on any atom is 0.264 e. The Morgan fingerprint density at radius 2 is 1.24 bits per heavy atom. The van der Waals surface area contributed by atoms with E-state index in [-0.39, 0.29) is 0 Å². The van der Waals surface area contributed by atoms with Gasteiger partial charge in [-0.3, -0.25) is 4.18 Å². The second-order valence-corrected chi connectivity index (χ2v) is 7.40. The molecule has 0 bridgehead atoms. The third-order valence-electron chi connectivity index (χ3n) is 3.45. The maximum atomic E-state index is 10.7. The Bertz CT molecular complexity index is 334. The first-order valence-electron chi connectivity index (χ1n) is 8.55. The lowest BCUT2D eigenvalue weighted by Crippen LogP contribution is -2.03. The van der Waals surface area contributed by atoms with Gasteiger partial charge in [0.2, 0.25) is 0 Å². The van der Waals surface area contributed by atoms with E-state index in [1.807, 2.05) is 0 Å². The zero-order valence-corrected chi connectivity index (χ0v) is 14.8. The summed E-state index contributed by atoms with van der Waals surface area (Å²) in [5, 5.41) is 0. The highest BCUT2D eigenvalue weighted by Gasteiger charge is 2.00. The zero-order chi connectivity index (χ0) is 15.8. The minimum atomic E-state index is -3.25. The van der Waals surface area contributed by atoms with Gasteiger partial charge in [-0.15, -0.1) is 0 Å². The summed E-state index contributed by atoms with van der Waals surface area (Å²) in [7, 11) is -3.25. The third-order valence-corrected chi connectivity index (χ3v) is 4.05. The molecular weight excluding hydrogens is 284 g/mol. The van der Waals surface area contributed by atoms with E-state index in [2.05, 4.69) is 19.1 Å². The molecule has 0 saturated carbocycles. The lowest BCUT2D eigenvalue weighted by atomic mass is 10.1. The first-order chi connectivity index (χ1) is 10.1. The van der Waals surface area contributed by atoms with Crippen molar-refractivity contribution >= 4 is 10.1 Å². The molecule has 126 valence electrons. The van der Waals surface area contributed by atoms with Crippen molar-refractivity contribution in [1.29, 1.82) is 0 Å².